The molecule has 1 aliphatic heterocycles. The topological polar surface area (TPSA) is 26.0 Å². The van der Waals surface area contributed by atoms with E-state index in [1.165, 1.54) is 44.3 Å². The van der Waals surface area contributed by atoms with Crippen LogP contribution in [0.25, 0.3) is 0 Å². The summed E-state index contributed by atoms with van der Waals surface area (Å²) in [5, 5.41) is 0.795. The molecule has 1 aliphatic carbocycles. The van der Waals surface area contributed by atoms with E-state index in [1.54, 1.807) is 0 Å². The average Bonchev–Trinajstić information content (AvgIpc) is 2.03. The number of nitrogens with two attached hydrogens (primary N) is 1. The van der Waals surface area contributed by atoms with Crippen molar-refractivity contribution < 1.29 is 0 Å². The third kappa shape index (κ3) is 1.80. The van der Waals surface area contributed by atoms with Gasteiger partial charge in [-0.05, 0) is 37.4 Å². The van der Waals surface area contributed by atoms with Gasteiger partial charge in [-0.25, -0.2) is 0 Å². The van der Waals surface area contributed by atoms with Crippen LogP contribution in [0.4, 0.5) is 0 Å². The highest BCUT2D eigenvalue weighted by atomic mass is 32.2. The Morgan fingerprint density at radius 3 is 2.42 bits per heavy atom. The van der Waals surface area contributed by atoms with Crippen LogP contribution in [0, 0.1) is 5.92 Å². The zero-order valence-electron chi connectivity index (χ0n) is 7.67. The molecule has 2 atom stereocenters. The van der Waals surface area contributed by atoms with E-state index >= 15 is 0 Å². The zero-order valence-corrected chi connectivity index (χ0v) is 8.48. The zero-order chi connectivity index (χ0) is 8.39. The molecular weight excluding hydrogens is 166 g/mol. The standard InChI is InChI=1S/C10H19NS/c11-10(8-4-3-5-8)9-6-1-2-7-12-9/h8-10H,1-7,11H2. The van der Waals surface area contributed by atoms with Crippen LogP contribution in [0.5, 0.6) is 0 Å². The Labute approximate surface area is 79.5 Å². The molecule has 2 rings (SSSR count). The third-order valence-corrected chi connectivity index (χ3v) is 4.84. The van der Waals surface area contributed by atoms with Crippen LogP contribution in [-0.2, 0) is 0 Å². The van der Waals surface area contributed by atoms with Gasteiger partial charge in [-0.2, -0.15) is 11.8 Å². The quantitative estimate of drug-likeness (QED) is 0.715. The Balaban J connectivity index is 1.80. The van der Waals surface area contributed by atoms with Gasteiger partial charge in [-0.15, -0.1) is 0 Å². The molecule has 1 heterocycles. The first-order valence-electron chi connectivity index (χ1n) is 5.25. The summed E-state index contributed by atoms with van der Waals surface area (Å²) in [4.78, 5) is 0. The van der Waals surface area contributed by atoms with E-state index in [0.29, 0.717) is 6.04 Å². The average molecular weight is 185 g/mol. The maximum Gasteiger partial charge on any atom is 0.0201 e. The van der Waals surface area contributed by atoms with Gasteiger partial charge in [0.2, 0.25) is 0 Å². The second kappa shape index (κ2) is 4.01. The summed E-state index contributed by atoms with van der Waals surface area (Å²) in [5.74, 6) is 2.23. The van der Waals surface area contributed by atoms with Gasteiger partial charge < -0.3 is 5.73 Å². The lowest BCUT2D eigenvalue weighted by Gasteiger charge is -2.37. The Morgan fingerprint density at radius 2 is 1.92 bits per heavy atom. The fourth-order valence-corrected chi connectivity index (χ4v) is 3.65. The van der Waals surface area contributed by atoms with Gasteiger partial charge >= 0.3 is 0 Å². The molecule has 1 saturated heterocycles. The van der Waals surface area contributed by atoms with Gasteiger partial charge in [-0.1, -0.05) is 12.8 Å². The molecule has 0 aromatic carbocycles. The summed E-state index contributed by atoms with van der Waals surface area (Å²) in [6.07, 6.45) is 8.44. The maximum absolute atomic E-state index is 6.23. The highest BCUT2D eigenvalue weighted by Gasteiger charge is 2.31. The molecule has 2 heteroatoms. The highest BCUT2D eigenvalue weighted by Crippen LogP contribution is 2.36. The van der Waals surface area contributed by atoms with Crippen molar-refractivity contribution in [2.45, 2.75) is 49.8 Å². The van der Waals surface area contributed by atoms with Crippen molar-refractivity contribution in [3.63, 3.8) is 0 Å². The van der Waals surface area contributed by atoms with Crippen molar-refractivity contribution in [3.8, 4) is 0 Å². The minimum atomic E-state index is 0.518. The van der Waals surface area contributed by atoms with Crippen molar-refractivity contribution in [1.29, 1.82) is 0 Å². The Hall–Kier alpha value is 0.310. The molecule has 70 valence electrons. The van der Waals surface area contributed by atoms with Crippen molar-refractivity contribution in [3.05, 3.63) is 0 Å². The van der Waals surface area contributed by atoms with Crippen molar-refractivity contribution >= 4 is 11.8 Å². The Morgan fingerprint density at radius 1 is 1.08 bits per heavy atom. The number of rotatable bonds is 2. The lowest BCUT2D eigenvalue weighted by atomic mass is 9.78. The smallest absolute Gasteiger partial charge is 0.0201 e. The predicted molar refractivity (Wildman–Crippen MR) is 55.4 cm³/mol. The predicted octanol–water partition coefficient (Wildman–Crippen LogP) is 2.40. The van der Waals surface area contributed by atoms with Crippen LogP contribution in [0.15, 0.2) is 0 Å². The minimum absolute atomic E-state index is 0.518. The monoisotopic (exact) mass is 185 g/mol. The number of thioether (sulfide) groups is 1. The van der Waals surface area contributed by atoms with Gasteiger partial charge in [0, 0.05) is 11.3 Å². The van der Waals surface area contributed by atoms with E-state index in [4.69, 9.17) is 5.73 Å². The summed E-state index contributed by atoms with van der Waals surface area (Å²) in [7, 11) is 0. The summed E-state index contributed by atoms with van der Waals surface area (Å²) >= 11 is 2.12. The normalized spacial score (nSPS) is 34.2. The molecule has 0 amide bonds. The van der Waals surface area contributed by atoms with Crippen LogP contribution >= 0.6 is 11.8 Å². The second-order valence-corrected chi connectivity index (χ2v) is 5.52. The fraction of sp³-hybridized carbons (Fsp3) is 1.00. The van der Waals surface area contributed by atoms with E-state index in [1.807, 2.05) is 0 Å². The molecule has 1 nitrogen and oxygen atoms in total. The largest absolute Gasteiger partial charge is 0.326 e. The van der Waals surface area contributed by atoms with Crippen LogP contribution in [0.2, 0.25) is 0 Å². The molecule has 1 saturated carbocycles. The van der Waals surface area contributed by atoms with E-state index in [2.05, 4.69) is 11.8 Å². The number of hydrogen-bond acceptors (Lipinski definition) is 2. The Bertz CT molecular complexity index is 139. The molecule has 2 unspecified atom stereocenters. The summed E-state index contributed by atoms with van der Waals surface area (Å²) in [5.41, 5.74) is 6.23. The molecular formula is C10H19NS. The summed E-state index contributed by atoms with van der Waals surface area (Å²) in [6, 6.07) is 0.518. The highest BCUT2D eigenvalue weighted by molar-refractivity contribution is 8.00. The van der Waals surface area contributed by atoms with E-state index < -0.39 is 0 Å². The minimum Gasteiger partial charge on any atom is -0.326 e. The van der Waals surface area contributed by atoms with Crippen LogP contribution < -0.4 is 5.73 Å². The van der Waals surface area contributed by atoms with Crippen molar-refractivity contribution in [1.82, 2.24) is 0 Å². The molecule has 2 fully saturated rings. The van der Waals surface area contributed by atoms with Crippen molar-refractivity contribution in [2.75, 3.05) is 5.75 Å². The fourth-order valence-electron chi connectivity index (χ4n) is 2.20. The maximum atomic E-state index is 6.23. The lowest BCUT2D eigenvalue weighted by molar-refractivity contribution is 0.252. The van der Waals surface area contributed by atoms with Crippen LogP contribution in [0.3, 0.4) is 0 Å². The van der Waals surface area contributed by atoms with Gasteiger partial charge in [0.1, 0.15) is 0 Å². The molecule has 2 aliphatic rings. The van der Waals surface area contributed by atoms with E-state index in [9.17, 15) is 0 Å². The molecule has 2 N–H and O–H groups in total. The lowest BCUT2D eigenvalue weighted by Crippen LogP contribution is -2.43. The summed E-state index contributed by atoms with van der Waals surface area (Å²) < 4.78 is 0. The summed E-state index contributed by atoms with van der Waals surface area (Å²) in [6.45, 7) is 0. The van der Waals surface area contributed by atoms with E-state index in [-0.39, 0.29) is 0 Å². The van der Waals surface area contributed by atoms with Gasteiger partial charge in [-0.3, -0.25) is 0 Å². The molecule has 0 radical (unpaired) electrons. The van der Waals surface area contributed by atoms with Gasteiger partial charge in [0.25, 0.3) is 0 Å². The third-order valence-electron chi connectivity index (χ3n) is 3.34. The molecule has 0 aromatic heterocycles. The molecule has 0 aromatic rings. The SMILES string of the molecule is NC(C1CCC1)C1CCCCS1. The van der Waals surface area contributed by atoms with Gasteiger partial charge in [0.15, 0.2) is 0 Å². The first kappa shape index (κ1) is 8.89. The van der Waals surface area contributed by atoms with Crippen molar-refractivity contribution in [2.24, 2.45) is 11.7 Å². The van der Waals surface area contributed by atoms with Crippen LogP contribution in [0.1, 0.15) is 38.5 Å². The van der Waals surface area contributed by atoms with Gasteiger partial charge in [0.05, 0.1) is 0 Å². The molecule has 12 heavy (non-hydrogen) atoms. The first-order chi connectivity index (χ1) is 5.88. The molecule has 0 bridgehead atoms. The number of hydrogen-bond donors (Lipinski definition) is 1. The second-order valence-electron chi connectivity index (χ2n) is 4.17. The first-order valence-corrected chi connectivity index (χ1v) is 6.30. The molecule has 0 spiro atoms. The van der Waals surface area contributed by atoms with E-state index in [0.717, 1.165) is 11.2 Å². The Kier molecular flexibility index (Phi) is 2.97. The van der Waals surface area contributed by atoms with Crippen LogP contribution in [-0.4, -0.2) is 17.0 Å².